The van der Waals surface area contributed by atoms with Gasteiger partial charge in [0, 0.05) is 36.1 Å². The van der Waals surface area contributed by atoms with Crippen molar-refractivity contribution in [3.8, 4) is 11.1 Å². The molecule has 0 N–H and O–H groups in total. The number of methoxy groups -OCH3 is 1. The van der Waals surface area contributed by atoms with Gasteiger partial charge in [-0.2, -0.15) is 0 Å². The molecule has 0 bridgehead atoms. The van der Waals surface area contributed by atoms with Crippen LogP contribution in [-0.4, -0.2) is 40.3 Å². The third-order valence-electron chi connectivity index (χ3n) is 6.03. The zero-order valence-electron chi connectivity index (χ0n) is 20.5. The Morgan fingerprint density at radius 2 is 1.79 bits per heavy atom. The average molecular weight is 463 g/mol. The maximum Gasteiger partial charge on any atom is 0.410 e. The predicted octanol–water partition coefficient (Wildman–Crippen LogP) is 6.16. The van der Waals surface area contributed by atoms with Gasteiger partial charge in [0.25, 0.3) is 0 Å². The summed E-state index contributed by atoms with van der Waals surface area (Å²) in [4.78, 5) is 26.6. The predicted molar refractivity (Wildman–Crippen MR) is 133 cm³/mol. The lowest BCUT2D eigenvalue weighted by Crippen LogP contribution is -2.37. The van der Waals surface area contributed by atoms with Gasteiger partial charge in [0.05, 0.1) is 13.7 Å². The van der Waals surface area contributed by atoms with Crippen molar-refractivity contribution in [1.82, 2.24) is 9.47 Å². The zero-order valence-corrected chi connectivity index (χ0v) is 20.5. The minimum absolute atomic E-state index is 0.202. The van der Waals surface area contributed by atoms with E-state index in [1.165, 1.54) is 7.11 Å². The molecule has 1 aliphatic carbocycles. The van der Waals surface area contributed by atoms with Crippen molar-refractivity contribution in [3.05, 3.63) is 60.3 Å². The molecular formula is C28H34N2O4. The van der Waals surface area contributed by atoms with E-state index in [2.05, 4.69) is 41.1 Å². The van der Waals surface area contributed by atoms with Crippen molar-refractivity contribution >= 4 is 23.0 Å². The number of carbonyl (C=O) groups excluding carboxylic acids is 2. The third-order valence-corrected chi connectivity index (χ3v) is 6.03. The van der Waals surface area contributed by atoms with Crippen molar-refractivity contribution in [2.45, 2.75) is 71.2 Å². The number of nitrogens with zero attached hydrogens (tertiary/aromatic N) is 2. The topological polar surface area (TPSA) is 60.8 Å². The smallest absolute Gasteiger partial charge is 0.410 e. The Balaban J connectivity index is 1.73. The lowest BCUT2D eigenvalue weighted by molar-refractivity contribution is -0.140. The quantitative estimate of drug-likeness (QED) is 0.376. The summed E-state index contributed by atoms with van der Waals surface area (Å²) < 4.78 is 12.7. The van der Waals surface area contributed by atoms with Gasteiger partial charge in [-0.25, -0.2) is 4.79 Å². The van der Waals surface area contributed by atoms with E-state index in [1.54, 1.807) is 0 Å². The maximum absolute atomic E-state index is 13.1. The highest BCUT2D eigenvalue weighted by Crippen LogP contribution is 2.36. The van der Waals surface area contributed by atoms with Gasteiger partial charge in [-0.05, 0) is 62.8 Å². The number of rotatable bonds is 8. The van der Waals surface area contributed by atoms with Gasteiger partial charge >= 0.3 is 12.1 Å². The second kappa shape index (κ2) is 9.92. The molecule has 2 aromatic carbocycles. The Morgan fingerprint density at radius 3 is 2.44 bits per heavy atom. The number of hydrogen-bond acceptors (Lipinski definition) is 4. The van der Waals surface area contributed by atoms with E-state index in [1.807, 2.05) is 43.9 Å². The highest BCUT2D eigenvalue weighted by Gasteiger charge is 2.36. The van der Waals surface area contributed by atoms with E-state index in [9.17, 15) is 9.59 Å². The van der Waals surface area contributed by atoms with Crippen LogP contribution in [0, 0.1) is 0 Å². The van der Waals surface area contributed by atoms with E-state index in [4.69, 9.17) is 9.47 Å². The number of esters is 1. The van der Waals surface area contributed by atoms with Crippen molar-refractivity contribution < 1.29 is 19.1 Å². The Morgan fingerprint density at radius 1 is 1.06 bits per heavy atom. The number of carbonyl (C=O) groups is 2. The van der Waals surface area contributed by atoms with Gasteiger partial charge in [-0.3, -0.25) is 4.79 Å². The summed E-state index contributed by atoms with van der Waals surface area (Å²) in [6.07, 6.45) is 4.93. The van der Waals surface area contributed by atoms with E-state index in [0.29, 0.717) is 25.9 Å². The van der Waals surface area contributed by atoms with Crippen molar-refractivity contribution in [3.63, 3.8) is 0 Å². The van der Waals surface area contributed by atoms with Gasteiger partial charge in [-0.1, -0.05) is 42.5 Å². The lowest BCUT2D eigenvalue weighted by Gasteiger charge is -2.27. The molecule has 6 nitrogen and oxygen atoms in total. The highest BCUT2D eigenvalue weighted by atomic mass is 16.6. The van der Waals surface area contributed by atoms with Crippen LogP contribution in [0.25, 0.3) is 22.0 Å². The molecule has 180 valence electrons. The number of aryl methyl sites for hydroxylation is 1. The molecule has 1 saturated carbocycles. The van der Waals surface area contributed by atoms with E-state index < -0.39 is 5.60 Å². The Hall–Kier alpha value is -3.28. The molecule has 0 atom stereocenters. The van der Waals surface area contributed by atoms with Crippen LogP contribution in [0.15, 0.2) is 54.7 Å². The molecule has 1 fully saturated rings. The first-order valence-electron chi connectivity index (χ1n) is 12.0. The minimum atomic E-state index is -0.540. The maximum atomic E-state index is 13.1. The van der Waals surface area contributed by atoms with Gasteiger partial charge in [-0.15, -0.1) is 0 Å². The number of hydrogen-bond donors (Lipinski definition) is 0. The average Bonchev–Trinajstić information content (AvgIpc) is 3.59. The van der Waals surface area contributed by atoms with Crippen molar-refractivity contribution in [2.75, 3.05) is 7.11 Å². The molecule has 0 unspecified atom stereocenters. The summed E-state index contributed by atoms with van der Waals surface area (Å²) in [5.74, 6) is -0.202. The monoisotopic (exact) mass is 462 g/mol. The summed E-state index contributed by atoms with van der Waals surface area (Å²) in [6, 6.07) is 16.8. The van der Waals surface area contributed by atoms with Gasteiger partial charge in [0.15, 0.2) is 0 Å². The molecule has 1 aromatic heterocycles. The van der Waals surface area contributed by atoms with Gasteiger partial charge < -0.3 is 18.9 Å². The molecule has 1 aliphatic rings. The Kier molecular flexibility index (Phi) is 6.96. The molecule has 1 amide bonds. The molecule has 0 radical (unpaired) electrons. The van der Waals surface area contributed by atoms with E-state index in [-0.39, 0.29) is 18.1 Å². The number of aromatic nitrogens is 1. The summed E-state index contributed by atoms with van der Waals surface area (Å²) >= 11 is 0. The summed E-state index contributed by atoms with van der Waals surface area (Å²) in [7, 11) is 1.42. The van der Waals surface area contributed by atoms with Crippen LogP contribution in [-0.2, 0) is 27.4 Å². The minimum Gasteiger partial charge on any atom is -0.469 e. The van der Waals surface area contributed by atoms with Crippen LogP contribution in [0.3, 0.4) is 0 Å². The molecule has 6 heteroatoms. The Labute approximate surface area is 201 Å². The fourth-order valence-electron chi connectivity index (χ4n) is 4.33. The largest absolute Gasteiger partial charge is 0.469 e. The molecule has 4 rings (SSSR count). The van der Waals surface area contributed by atoms with E-state index in [0.717, 1.165) is 40.4 Å². The second-order valence-electron chi connectivity index (χ2n) is 9.93. The van der Waals surface area contributed by atoms with Crippen molar-refractivity contribution in [1.29, 1.82) is 0 Å². The second-order valence-corrected chi connectivity index (χ2v) is 9.93. The number of fused-ring (bicyclic) bond motifs is 1. The van der Waals surface area contributed by atoms with Gasteiger partial charge in [0.1, 0.15) is 5.60 Å². The molecular weight excluding hydrogens is 428 g/mol. The van der Waals surface area contributed by atoms with Crippen LogP contribution in [0.4, 0.5) is 4.79 Å². The number of benzene rings is 2. The fourth-order valence-corrected chi connectivity index (χ4v) is 4.33. The molecule has 3 aromatic rings. The zero-order chi connectivity index (χ0) is 24.3. The first kappa shape index (κ1) is 23.9. The standard InChI is InChI=1S/C28H34N2O4/c1-28(2,3)34-27(32)30(22-15-16-22)19-21-18-29(17-9-14-25(31)33-4)24-13-8-12-23(26(21)24)20-10-6-5-7-11-20/h5-8,10-13,18,22H,9,14-17,19H2,1-4H3. The highest BCUT2D eigenvalue weighted by molar-refractivity contribution is 5.98. The number of amides is 1. The fraction of sp³-hybridized carbons (Fsp3) is 0.429. The molecule has 34 heavy (non-hydrogen) atoms. The third kappa shape index (κ3) is 5.61. The summed E-state index contributed by atoms with van der Waals surface area (Å²) in [5, 5.41) is 1.14. The summed E-state index contributed by atoms with van der Waals surface area (Å²) in [5.41, 5.74) is 3.92. The van der Waals surface area contributed by atoms with Crippen LogP contribution >= 0.6 is 0 Å². The molecule has 0 saturated heterocycles. The molecule has 0 spiro atoms. The Bertz CT molecular complexity index is 1160. The van der Waals surface area contributed by atoms with E-state index >= 15 is 0 Å². The molecule has 0 aliphatic heterocycles. The molecule has 1 heterocycles. The lowest BCUT2D eigenvalue weighted by atomic mass is 9.99. The van der Waals surface area contributed by atoms with Crippen LogP contribution in [0.1, 0.15) is 52.0 Å². The number of ether oxygens (including phenoxy) is 2. The van der Waals surface area contributed by atoms with Crippen LogP contribution in [0.5, 0.6) is 0 Å². The first-order valence-corrected chi connectivity index (χ1v) is 12.0. The SMILES string of the molecule is COC(=O)CCCn1cc(CN(C(=O)OC(C)(C)C)C2CC2)c2c(-c3ccccc3)cccc21. The first-order chi connectivity index (χ1) is 16.3. The summed E-state index contributed by atoms with van der Waals surface area (Å²) in [6.45, 7) is 6.88. The van der Waals surface area contributed by atoms with Crippen LogP contribution < -0.4 is 0 Å². The van der Waals surface area contributed by atoms with Crippen molar-refractivity contribution in [2.24, 2.45) is 0 Å². The van der Waals surface area contributed by atoms with Gasteiger partial charge in [0.2, 0.25) is 0 Å². The normalized spacial score (nSPS) is 13.6. The van der Waals surface area contributed by atoms with Crippen LogP contribution in [0.2, 0.25) is 0 Å².